The van der Waals surface area contributed by atoms with Crippen molar-refractivity contribution in [3.8, 4) is 11.5 Å². The van der Waals surface area contributed by atoms with E-state index in [2.05, 4.69) is 5.32 Å². The molecule has 0 fully saturated rings. The summed E-state index contributed by atoms with van der Waals surface area (Å²) < 4.78 is 10.3. The van der Waals surface area contributed by atoms with Crippen LogP contribution in [0.4, 0.5) is 5.69 Å². The highest BCUT2D eigenvalue weighted by atomic mass is 35.5. The van der Waals surface area contributed by atoms with Gasteiger partial charge >= 0.3 is 0 Å². The number of ketones is 1. The second kappa shape index (κ2) is 8.53. The van der Waals surface area contributed by atoms with Crippen molar-refractivity contribution in [2.75, 3.05) is 19.5 Å². The number of nitrogens with one attached hydrogen (secondary N) is 1. The zero-order valence-electron chi connectivity index (χ0n) is 14.4. The summed E-state index contributed by atoms with van der Waals surface area (Å²) in [4.78, 5) is 24.4. The molecule has 0 aliphatic carbocycles. The van der Waals surface area contributed by atoms with Gasteiger partial charge in [-0.15, -0.1) is 0 Å². The van der Waals surface area contributed by atoms with Crippen molar-refractivity contribution in [2.24, 2.45) is 0 Å². The van der Waals surface area contributed by atoms with Crippen molar-refractivity contribution in [1.29, 1.82) is 0 Å². The number of rotatable bonds is 7. The summed E-state index contributed by atoms with van der Waals surface area (Å²) >= 11 is 6.05. The van der Waals surface area contributed by atoms with E-state index < -0.39 is 0 Å². The molecule has 1 N–H and O–H groups in total. The number of carbonyl (C=O) groups excluding carboxylic acids is 2. The Morgan fingerprint density at radius 3 is 2.52 bits per heavy atom. The van der Waals surface area contributed by atoms with Crippen LogP contribution in [0.2, 0.25) is 5.02 Å². The predicted molar refractivity (Wildman–Crippen MR) is 97.9 cm³/mol. The molecule has 25 heavy (non-hydrogen) atoms. The summed E-state index contributed by atoms with van der Waals surface area (Å²) in [7, 11) is 3.04. The smallest absolute Gasteiger partial charge is 0.224 e. The third kappa shape index (κ3) is 4.97. The second-order valence-corrected chi connectivity index (χ2v) is 5.91. The van der Waals surface area contributed by atoms with Gasteiger partial charge in [0, 0.05) is 29.5 Å². The molecule has 0 atom stereocenters. The number of hydrogen-bond acceptors (Lipinski definition) is 4. The van der Waals surface area contributed by atoms with Gasteiger partial charge in [-0.3, -0.25) is 9.59 Å². The lowest BCUT2D eigenvalue weighted by Crippen LogP contribution is -2.14. The van der Waals surface area contributed by atoms with Gasteiger partial charge in [0.15, 0.2) is 5.78 Å². The first-order valence-corrected chi connectivity index (χ1v) is 8.13. The van der Waals surface area contributed by atoms with Gasteiger partial charge in [0.05, 0.1) is 19.9 Å². The van der Waals surface area contributed by atoms with Gasteiger partial charge in [-0.2, -0.15) is 0 Å². The van der Waals surface area contributed by atoms with Crippen LogP contribution in [0.15, 0.2) is 36.4 Å². The minimum absolute atomic E-state index is 0.0703. The Hall–Kier alpha value is -2.53. The van der Waals surface area contributed by atoms with Gasteiger partial charge in [-0.05, 0) is 30.7 Å². The third-order valence-electron chi connectivity index (χ3n) is 3.73. The first-order valence-electron chi connectivity index (χ1n) is 7.76. The van der Waals surface area contributed by atoms with Crippen LogP contribution in [0.1, 0.15) is 28.8 Å². The van der Waals surface area contributed by atoms with Crippen molar-refractivity contribution in [1.82, 2.24) is 0 Å². The zero-order chi connectivity index (χ0) is 18.4. The fourth-order valence-electron chi connectivity index (χ4n) is 2.31. The third-order valence-corrected chi connectivity index (χ3v) is 4.13. The normalized spacial score (nSPS) is 10.2. The summed E-state index contributed by atoms with van der Waals surface area (Å²) in [5.74, 6) is 0.698. The summed E-state index contributed by atoms with van der Waals surface area (Å²) in [5.41, 5.74) is 1.88. The van der Waals surface area contributed by atoms with E-state index in [0.29, 0.717) is 27.8 Å². The lowest BCUT2D eigenvalue weighted by atomic mass is 10.1. The molecule has 0 saturated heterocycles. The molecule has 0 aromatic heterocycles. The molecule has 2 rings (SSSR count). The molecule has 0 heterocycles. The number of methoxy groups -OCH3 is 2. The van der Waals surface area contributed by atoms with E-state index in [-0.39, 0.29) is 24.5 Å². The molecule has 0 bridgehead atoms. The number of ether oxygens (including phenoxy) is 2. The van der Waals surface area contributed by atoms with Crippen LogP contribution in [0.5, 0.6) is 11.5 Å². The molecular formula is C19H20ClNO4. The van der Waals surface area contributed by atoms with Crippen LogP contribution in [-0.2, 0) is 4.79 Å². The lowest BCUT2D eigenvalue weighted by molar-refractivity contribution is -0.116. The number of Topliss-reactive ketones (excluding diaryl/α,β-unsaturated/α-hetero) is 1. The van der Waals surface area contributed by atoms with E-state index >= 15 is 0 Å². The molecule has 132 valence electrons. The maximum absolute atomic E-state index is 12.2. The number of aryl methyl sites for hydroxylation is 1. The molecule has 5 nitrogen and oxygen atoms in total. The van der Waals surface area contributed by atoms with Gasteiger partial charge in [0.25, 0.3) is 0 Å². The Bertz CT molecular complexity index is 789. The topological polar surface area (TPSA) is 64.6 Å². The number of anilines is 1. The molecule has 2 aromatic rings. The summed E-state index contributed by atoms with van der Waals surface area (Å²) in [6, 6.07) is 10.3. The lowest BCUT2D eigenvalue weighted by Gasteiger charge is -2.12. The molecule has 0 unspecified atom stereocenters. The van der Waals surface area contributed by atoms with E-state index in [0.717, 1.165) is 5.56 Å². The van der Waals surface area contributed by atoms with Gasteiger partial charge in [-0.1, -0.05) is 23.7 Å². The first kappa shape index (κ1) is 18.8. The first-order chi connectivity index (χ1) is 11.9. The van der Waals surface area contributed by atoms with Crippen LogP contribution in [0, 0.1) is 6.92 Å². The maximum atomic E-state index is 12.2. The minimum atomic E-state index is -0.267. The SMILES string of the molecule is COc1cccc(C(=O)CCC(=O)Nc2cc(C)c(Cl)cc2OC)c1. The average molecular weight is 362 g/mol. The fourth-order valence-corrected chi connectivity index (χ4v) is 2.46. The molecule has 0 saturated carbocycles. The maximum Gasteiger partial charge on any atom is 0.224 e. The minimum Gasteiger partial charge on any atom is -0.497 e. The number of amides is 1. The van der Waals surface area contributed by atoms with Crippen molar-refractivity contribution in [3.63, 3.8) is 0 Å². The Kier molecular flexibility index (Phi) is 6.42. The molecule has 0 aliphatic rings. The Labute approximate surface area is 151 Å². The second-order valence-electron chi connectivity index (χ2n) is 5.50. The highest BCUT2D eigenvalue weighted by Gasteiger charge is 2.13. The van der Waals surface area contributed by atoms with Crippen molar-refractivity contribution in [2.45, 2.75) is 19.8 Å². The molecule has 1 amide bonds. The van der Waals surface area contributed by atoms with Crippen molar-refractivity contribution in [3.05, 3.63) is 52.5 Å². The van der Waals surface area contributed by atoms with E-state index in [1.165, 1.54) is 7.11 Å². The summed E-state index contributed by atoms with van der Waals surface area (Å²) in [6.45, 7) is 1.84. The highest BCUT2D eigenvalue weighted by Crippen LogP contribution is 2.31. The van der Waals surface area contributed by atoms with Crippen LogP contribution in [0.3, 0.4) is 0 Å². The Balaban J connectivity index is 1.99. The van der Waals surface area contributed by atoms with Crippen LogP contribution >= 0.6 is 11.6 Å². The van der Waals surface area contributed by atoms with Crippen LogP contribution in [0.25, 0.3) is 0 Å². The number of hydrogen-bond donors (Lipinski definition) is 1. The van der Waals surface area contributed by atoms with E-state index in [9.17, 15) is 9.59 Å². The van der Waals surface area contributed by atoms with Gasteiger partial charge in [0.2, 0.25) is 5.91 Å². The molecule has 6 heteroatoms. The highest BCUT2D eigenvalue weighted by molar-refractivity contribution is 6.31. The molecular weight excluding hydrogens is 342 g/mol. The van der Waals surface area contributed by atoms with Crippen LogP contribution in [-0.4, -0.2) is 25.9 Å². The quantitative estimate of drug-likeness (QED) is 0.748. The number of benzene rings is 2. The zero-order valence-corrected chi connectivity index (χ0v) is 15.1. The van der Waals surface area contributed by atoms with E-state index in [1.54, 1.807) is 43.5 Å². The fraction of sp³-hybridized carbons (Fsp3) is 0.263. The molecule has 2 aromatic carbocycles. The van der Waals surface area contributed by atoms with Gasteiger partial charge in [-0.25, -0.2) is 0 Å². The standard InChI is InChI=1S/C19H20ClNO4/c1-12-9-16(18(25-3)11-15(12)20)21-19(23)8-7-17(22)13-5-4-6-14(10-13)24-2/h4-6,9-11H,7-8H2,1-3H3,(H,21,23). The van der Waals surface area contributed by atoms with Gasteiger partial charge in [0.1, 0.15) is 11.5 Å². The predicted octanol–water partition coefficient (Wildman–Crippen LogP) is 4.27. The van der Waals surface area contributed by atoms with Gasteiger partial charge < -0.3 is 14.8 Å². The summed E-state index contributed by atoms with van der Waals surface area (Å²) in [5, 5.41) is 3.32. The van der Waals surface area contributed by atoms with Crippen molar-refractivity contribution >= 4 is 29.0 Å². The molecule has 0 aliphatic heterocycles. The van der Waals surface area contributed by atoms with E-state index in [1.807, 2.05) is 6.92 Å². The number of carbonyl (C=O) groups is 2. The average Bonchev–Trinajstić information content (AvgIpc) is 2.62. The monoisotopic (exact) mass is 361 g/mol. The van der Waals surface area contributed by atoms with E-state index in [4.69, 9.17) is 21.1 Å². The molecule has 0 spiro atoms. The van der Waals surface area contributed by atoms with Crippen molar-refractivity contribution < 1.29 is 19.1 Å². The Morgan fingerprint density at radius 1 is 1.08 bits per heavy atom. The molecule has 0 radical (unpaired) electrons. The largest absolute Gasteiger partial charge is 0.497 e. The Morgan fingerprint density at radius 2 is 1.84 bits per heavy atom. The van der Waals surface area contributed by atoms with Crippen LogP contribution < -0.4 is 14.8 Å². The number of halogens is 1. The summed E-state index contributed by atoms with van der Waals surface area (Å²) in [6.07, 6.45) is 0.175.